The van der Waals surface area contributed by atoms with Crippen LogP contribution >= 0.6 is 0 Å². The normalized spacial score (nSPS) is 20.9. The SMILES string of the molecule is Cc1ccn(C)c(=N/C=C(\C=O)CN2CCCC(C=O)C2)c1. The quantitative estimate of drug-likeness (QED) is 0.607. The highest BCUT2D eigenvalue weighted by atomic mass is 16.1. The van der Waals surface area contributed by atoms with E-state index in [2.05, 4.69) is 9.89 Å². The van der Waals surface area contributed by atoms with Gasteiger partial charge in [0.15, 0.2) is 0 Å². The number of piperidine rings is 1. The van der Waals surface area contributed by atoms with Gasteiger partial charge in [-0.05, 0) is 44.0 Å². The average molecular weight is 301 g/mol. The Morgan fingerprint density at radius 3 is 3.00 bits per heavy atom. The smallest absolute Gasteiger partial charge is 0.148 e. The third-order valence-electron chi connectivity index (χ3n) is 3.93. The molecule has 5 nitrogen and oxygen atoms in total. The summed E-state index contributed by atoms with van der Waals surface area (Å²) in [5.41, 5.74) is 2.57. The van der Waals surface area contributed by atoms with Gasteiger partial charge in [-0.25, -0.2) is 4.99 Å². The van der Waals surface area contributed by atoms with Crippen LogP contribution in [-0.4, -0.2) is 41.7 Å². The van der Waals surface area contributed by atoms with Gasteiger partial charge in [0.2, 0.25) is 0 Å². The zero-order chi connectivity index (χ0) is 15.9. The summed E-state index contributed by atoms with van der Waals surface area (Å²) in [7, 11) is 1.92. The molecule has 0 spiro atoms. The summed E-state index contributed by atoms with van der Waals surface area (Å²) in [6, 6.07) is 3.99. The zero-order valence-corrected chi connectivity index (χ0v) is 13.2. The molecule has 0 amide bonds. The lowest BCUT2D eigenvalue weighted by molar-refractivity contribution is -0.112. The summed E-state index contributed by atoms with van der Waals surface area (Å²) in [6.07, 6.45) is 7.40. The van der Waals surface area contributed by atoms with E-state index in [-0.39, 0.29) is 5.92 Å². The van der Waals surface area contributed by atoms with Gasteiger partial charge in [0.25, 0.3) is 0 Å². The van der Waals surface area contributed by atoms with Crippen LogP contribution < -0.4 is 5.49 Å². The van der Waals surface area contributed by atoms with Crippen LogP contribution in [0.3, 0.4) is 0 Å². The number of rotatable bonds is 5. The van der Waals surface area contributed by atoms with Crippen molar-refractivity contribution in [3.8, 4) is 0 Å². The summed E-state index contributed by atoms with van der Waals surface area (Å²) in [5, 5.41) is 0. The maximum atomic E-state index is 11.3. The van der Waals surface area contributed by atoms with Crippen molar-refractivity contribution < 1.29 is 9.59 Å². The molecular weight excluding hydrogens is 278 g/mol. The van der Waals surface area contributed by atoms with E-state index >= 15 is 0 Å². The van der Waals surface area contributed by atoms with Crippen LogP contribution in [0.15, 0.2) is 35.1 Å². The summed E-state index contributed by atoms with van der Waals surface area (Å²) < 4.78 is 1.91. The van der Waals surface area contributed by atoms with Crippen molar-refractivity contribution in [3.63, 3.8) is 0 Å². The molecule has 2 rings (SSSR count). The second kappa shape index (κ2) is 7.84. The molecule has 118 valence electrons. The lowest BCUT2D eigenvalue weighted by Crippen LogP contribution is -2.37. The van der Waals surface area contributed by atoms with Crippen LogP contribution in [0.25, 0.3) is 0 Å². The fraction of sp³-hybridized carbons (Fsp3) is 0.471. The first-order valence-corrected chi connectivity index (χ1v) is 7.61. The number of pyridine rings is 1. The highest BCUT2D eigenvalue weighted by molar-refractivity contribution is 5.73. The van der Waals surface area contributed by atoms with Crippen LogP contribution in [-0.2, 0) is 16.6 Å². The van der Waals surface area contributed by atoms with Gasteiger partial charge >= 0.3 is 0 Å². The van der Waals surface area contributed by atoms with Crippen LogP contribution in [0.1, 0.15) is 18.4 Å². The monoisotopic (exact) mass is 301 g/mol. The third-order valence-corrected chi connectivity index (χ3v) is 3.93. The van der Waals surface area contributed by atoms with E-state index in [0.717, 1.165) is 49.6 Å². The number of aldehydes is 2. The molecule has 1 atom stereocenters. The predicted octanol–water partition coefficient (Wildman–Crippen LogP) is 1.23. The second-order valence-corrected chi connectivity index (χ2v) is 5.90. The van der Waals surface area contributed by atoms with Gasteiger partial charge in [-0.2, -0.15) is 0 Å². The van der Waals surface area contributed by atoms with E-state index in [4.69, 9.17) is 0 Å². The van der Waals surface area contributed by atoms with Crippen molar-refractivity contribution in [1.82, 2.24) is 9.47 Å². The molecule has 0 bridgehead atoms. The van der Waals surface area contributed by atoms with Gasteiger partial charge in [-0.15, -0.1) is 0 Å². The van der Waals surface area contributed by atoms with Gasteiger partial charge < -0.3 is 9.36 Å². The standard InChI is InChI=1S/C17H23N3O2/c1-14-5-7-19(2)17(8-14)18-9-16(13-22)11-20-6-3-4-15(10-20)12-21/h5,7-9,12-13,15H,3-4,6,10-11H2,1-2H3/b16-9-,18-17?. The van der Waals surface area contributed by atoms with E-state index < -0.39 is 0 Å². The minimum atomic E-state index is 0.0909. The largest absolute Gasteiger partial charge is 0.336 e. The van der Waals surface area contributed by atoms with Crippen molar-refractivity contribution in [3.05, 3.63) is 41.2 Å². The fourth-order valence-corrected chi connectivity index (χ4v) is 2.65. The molecule has 22 heavy (non-hydrogen) atoms. The van der Waals surface area contributed by atoms with Gasteiger partial charge in [0, 0.05) is 44.0 Å². The van der Waals surface area contributed by atoms with Gasteiger partial charge in [-0.1, -0.05) is 0 Å². The van der Waals surface area contributed by atoms with E-state index in [9.17, 15) is 9.59 Å². The van der Waals surface area contributed by atoms with E-state index in [1.807, 2.05) is 36.9 Å². The number of hydrogen-bond acceptors (Lipinski definition) is 4. The van der Waals surface area contributed by atoms with Crippen molar-refractivity contribution in [2.24, 2.45) is 18.0 Å². The number of carbonyl (C=O) groups is 2. The summed E-state index contributed by atoms with van der Waals surface area (Å²) in [6.45, 7) is 4.21. The maximum Gasteiger partial charge on any atom is 0.148 e. The molecule has 0 radical (unpaired) electrons. The topological polar surface area (TPSA) is 54.7 Å². The molecule has 1 aromatic rings. The second-order valence-electron chi connectivity index (χ2n) is 5.90. The van der Waals surface area contributed by atoms with Crippen LogP contribution in [0.4, 0.5) is 0 Å². The van der Waals surface area contributed by atoms with E-state index in [0.29, 0.717) is 12.1 Å². The van der Waals surface area contributed by atoms with Crippen LogP contribution in [0, 0.1) is 12.8 Å². The Kier molecular flexibility index (Phi) is 5.83. The molecule has 5 heteroatoms. The van der Waals surface area contributed by atoms with Gasteiger partial charge in [-0.3, -0.25) is 9.69 Å². The zero-order valence-electron chi connectivity index (χ0n) is 13.2. The Bertz CT molecular complexity index is 631. The van der Waals surface area contributed by atoms with Crippen molar-refractivity contribution >= 4 is 12.6 Å². The van der Waals surface area contributed by atoms with E-state index in [1.165, 1.54) is 0 Å². The molecule has 1 aromatic heterocycles. The van der Waals surface area contributed by atoms with Gasteiger partial charge in [0.05, 0.1) is 0 Å². The molecule has 1 aliphatic heterocycles. The lowest BCUT2D eigenvalue weighted by atomic mass is 9.99. The Morgan fingerprint density at radius 2 is 2.27 bits per heavy atom. The molecule has 1 aliphatic rings. The molecule has 0 aromatic carbocycles. The number of hydrogen-bond donors (Lipinski definition) is 0. The average Bonchev–Trinajstić information content (AvgIpc) is 2.54. The maximum absolute atomic E-state index is 11.3. The number of aromatic nitrogens is 1. The lowest BCUT2D eigenvalue weighted by Gasteiger charge is -2.29. The van der Waals surface area contributed by atoms with E-state index in [1.54, 1.807) is 6.20 Å². The first-order chi connectivity index (χ1) is 10.6. The number of likely N-dealkylation sites (tertiary alicyclic amines) is 1. The highest BCUT2D eigenvalue weighted by Crippen LogP contribution is 2.15. The molecule has 0 N–H and O–H groups in total. The molecule has 1 fully saturated rings. The molecule has 0 aliphatic carbocycles. The summed E-state index contributed by atoms with van der Waals surface area (Å²) >= 11 is 0. The Hall–Kier alpha value is -2.01. The molecule has 0 saturated carbocycles. The molecule has 1 unspecified atom stereocenters. The number of aryl methyl sites for hydroxylation is 2. The fourth-order valence-electron chi connectivity index (χ4n) is 2.65. The Balaban J connectivity index is 2.12. The highest BCUT2D eigenvalue weighted by Gasteiger charge is 2.19. The Morgan fingerprint density at radius 1 is 1.45 bits per heavy atom. The molecule has 1 saturated heterocycles. The van der Waals surface area contributed by atoms with Crippen molar-refractivity contribution in [2.75, 3.05) is 19.6 Å². The number of nitrogens with zero attached hydrogens (tertiary/aromatic N) is 3. The minimum absolute atomic E-state index is 0.0909. The molecular formula is C17H23N3O2. The molecule has 2 heterocycles. The first-order valence-electron chi connectivity index (χ1n) is 7.61. The van der Waals surface area contributed by atoms with Crippen molar-refractivity contribution in [2.45, 2.75) is 19.8 Å². The third kappa shape index (κ3) is 4.49. The van der Waals surface area contributed by atoms with Gasteiger partial charge in [0.1, 0.15) is 18.1 Å². The number of carbonyl (C=O) groups excluding carboxylic acids is 2. The van der Waals surface area contributed by atoms with Crippen LogP contribution in [0.5, 0.6) is 0 Å². The van der Waals surface area contributed by atoms with Crippen molar-refractivity contribution in [1.29, 1.82) is 0 Å². The predicted molar refractivity (Wildman–Crippen MR) is 85.1 cm³/mol. The Labute approximate surface area is 131 Å². The first kappa shape index (κ1) is 16.4. The van der Waals surface area contributed by atoms with Crippen LogP contribution in [0.2, 0.25) is 0 Å². The summed E-state index contributed by atoms with van der Waals surface area (Å²) in [5.74, 6) is 0.0909. The summed E-state index contributed by atoms with van der Waals surface area (Å²) in [4.78, 5) is 28.7. The minimum Gasteiger partial charge on any atom is -0.336 e.